The van der Waals surface area contributed by atoms with E-state index < -0.39 is 6.10 Å². The minimum atomic E-state index is -0.412. The van der Waals surface area contributed by atoms with Crippen LogP contribution in [0.5, 0.6) is 11.5 Å². The molecule has 9 nitrogen and oxygen atoms in total. The number of nitrogens with one attached hydrogen (secondary N) is 1. The van der Waals surface area contributed by atoms with Gasteiger partial charge in [-0.1, -0.05) is 30.0 Å². The molecule has 5 rings (SSSR count). The highest BCUT2D eigenvalue weighted by Crippen LogP contribution is 2.36. The topological polar surface area (TPSA) is 112 Å². The SMILES string of the molecule is C=CCn1c(SCc2nc3sc(C(C)=O)c(C)c3c(=O)[nH]2)nnc1C1COc2ccccc2O1. The lowest BCUT2D eigenvalue weighted by molar-refractivity contribution is 0.0821. The zero-order chi connectivity index (χ0) is 23.8. The van der Waals surface area contributed by atoms with Crippen molar-refractivity contribution in [1.82, 2.24) is 24.7 Å². The zero-order valence-electron chi connectivity index (χ0n) is 18.5. The second-order valence-electron chi connectivity index (χ2n) is 7.70. The first kappa shape index (κ1) is 22.4. The van der Waals surface area contributed by atoms with Crippen molar-refractivity contribution in [3.63, 3.8) is 0 Å². The summed E-state index contributed by atoms with van der Waals surface area (Å²) in [5, 5.41) is 9.81. The van der Waals surface area contributed by atoms with E-state index in [4.69, 9.17) is 9.47 Å². The Kier molecular flexibility index (Phi) is 5.96. The summed E-state index contributed by atoms with van der Waals surface area (Å²) in [6.45, 7) is 7.92. The Bertz CT molecular complexity index is 1470. The highest BCUT2D eigenvalue weighted by molar-refractivity contribution is 7.98. The molecular formula is C23H21N5O4S2. The Balaban J connectivity index is 1.40. The number of hydrogen-bond acceptors (Lipinski definition) is 9. The summed E-state index contributed by atoms with van der Waals surface area (Å²) < 4.78 is 13.8. The summed E-state index contributed by atoms with van der Waals surface area (Å²) in [4.78, 5) is 33.1. The molecule has 3 aromatic heterocycles. The van der Waals surface area contributed by atoms with E-state index in [1.807, 2.05) is 28.8 Å². The van der Waals surface area contributed by atoms with E-state index in [9.17, 15) is 9.59 Å². The molecule has 1 aromatic carbocycles. The van der Waals surface area contributed by atoms with Crippen LogP contribution in [-0.4, -0.2) is 37.1 Å². The molecule has 174 valence electrons. The molecule has 0 saturated heterocycles. The van der Waals surface area contributed by atoms with Gasteiger partial charge in [-0.15, -0.1) is 28.1 Å². The summed E-state index contributed by atoms with van der Waals surface area (Å²) in [5.74, 6) is 2.79. The van der Waals surface area contributed by atoms with Crippen LogP contribution in [0.1, 0.15) is 39.9 Å². The number of fused-ring (bicyclic) bond motifs is 2. The summed E-state index contributed by atoms with van der Waals surface area (Å²) in [6.07, 6.45) is 1.35. The van der Waals surface area contributed by atoms with Crippen LogP contribution in [0.15, 0.2) is 46.9 Å². The van der Waals surface area contributed by atoms with Crippen LogP contribution < -0.4 is 15.0 Å². The maximum absolute atomic E-state index is 12.7. The van der Waals surface area contributed by atoms with Crippen LogP contribution in [0, 0.1) is 6.92 Å². The smallest absolute Gasteiger partial charge is 0.259 e. The van der Waals surface area contributed by atoms with Crippen molar-refractivity contribution in [2.45, 2.75) is 37.4 Å². The van der Waals surface area contributed by atoms with Crippen LogP contribution in [0.2, 0.25) is 0 Å². The molecule has 1 N–H and O–H groups in total. The van der Waals surface area contributed by atoms with Crippen molar-refractivity contribution in [2.24, 2.45) is 0 Å². The first-order chi connectivity index (χ1) is 16.5. The lowest BCUT2D eigenvalue weighted by Crippen LogP contribution is -2.25. The number of rotatable bonds is 7. The third kappa shape index (κ3) is 4.01. The summed E-state index contributed by atoms with van der Waals surface area (Å²) in [5.41, 5.74) is 0.425. The van der Waals surface area contributed by atoms with Crippen molar-refractivity contribution in [3.05, 3.63) is 69.4 Å². The molecule has 0 amide bonds. The quantitative estimate of drug-likeness (QED) is 0.232. The average Bonchev–Trinajstić information content (AvgIpc) is 3.38. The number of H-pyrrole nitrogens is 1. The number of carbonyl (C=O) groups is 1. The number of aryl methyl sites for hydroxylation is 1. The standard InChI is InChI=1S/C23H21N5O4S2/c1-4-9-28-20(16-10-31-14-7-5-6-8-15(14)32-16)26-27-23(28)33-11-17-24-21(30)18-12(2)19(13(3)29)34-22(18)25-17/h4-8,16H,1,9-11H2,2-3H3,(H,24,25,30). The number of Topliss-reactive ketones (excluding diaryl/α,β-unsaturated/α-hetero) is 1. The van der Waals surface area contributed by atoms with Crippen LogP contribution in [0.25, 0.3) is 10.2 Å². The van der Waals surface area contributed by atoms with E-state index in [1.165, 1.54) is 30.0 Å². The van der Waals surface area contributed by atoms with E-state index in [2.05, 4.69) is 26.7 Å². The Morgan fingerprint density at radius 2 is 2.15 bits per heavy atom. The highest BCUT2D eigenvalue weighted by Gasteiger charge is 2.28. The molecule has 0 saturated carbocycles. The molecule has 0 bridgehead atoms. The first-order valence-corrected chi connectivity index (χ1v) is 12.3. The molecule has 0 spiro atoms. The summed E-state index contributed by atoms with van der Waals surface area (Å²) in [7, 11) is 0. The van der Waals surface area contributed by atoms with Gasteiger partial charge in [0.2, 0.25) is 0 Å². The molecule has 1 unspecified atom stereocenters. The zero-order valence-corrected chi connectivity index (χ0v) is 20.2. The Labute approximate surface area is 202 Å². The number of carbonyl (C=O) groups excluding carboxylic acids is 1. The van der Waals surface area contributed by atoms with Crippen molar-refractivity contribution in [1.29, 1.82) is 0 Å². The van der Waals surface area contributed by atoms with Gasteiger partial charge in [-0.2, -0.15) is 0 Å². The Morgan fingerprint density at radius 1 is 1.35 bits per heavy atom. The minimum Gasteiger partial charge on any atom is -0.485 e. The third-order valence-electron chi connectivity index (χ3n) is 5.36. The van der Waals surface area contributed by atoms with Gasteiger partial charge >= 0.3 is 0 Å². The Hall–Kier alpha value is -3.44. The van der Waals surface area contributed by atoms with E-state index in [0.29, 0.717) is 67.9 Å². The van der Waals surface area contributed by atoms with Gasteiger partial charge in [0.25, 0.3) is 5.56 Å². The molecule has 0 aliphatic carbocycles. The molecule has 4 heterocycles. The second-order valence-corrected chi connectivity index (χ2v) is 9.64. The van der Waals surface area contributed by atoms with Crippen molar-refractivity contribution >= 4 is 39.1 Å². The number of aromatic amines is 1. The first-order valence-electron chi connectivity index (χ1n) is 10.5. The van der Waals surface area contributed by atoms with E-state index in [-0.39, 0.29) is 11.3 Å². The number of ether oxygens (including phenoxy) is 2. The van der Waals surface area contributed by atoms with Gasteiger partial charge in [-0.25, -0.2) is 4.98 Å². The molecule has 1 aliphatic heterocycles. The summed E-state index contributed by atoms with van der Waals surface area (Å²) >= 11 is 2.64. The molecule has 4 aromatic rings. The predicted molar refractivity (Wildman–Crippen MR) is 130 cm³/mol. The predicted octanol–water partition coefficient (Wildman–Crippen LogP) is 4.08. The lowest BCUT2D eigenvalue weighted by atomic mass is 10.2. The van der Waals surface area contributed by atoms with E-state index >= 15 is 0 Å². The maximum Gasteiger partial charge on any atom is 0.259 e. The number of thiophene rings is 1. The third-order valence-corrected chi connectivity index (χ3v) is 7.63. The van der Waals surface area contributed by atoms with Gasteiger partial charge in [0.1, 0.15) is 17.3 Å². The number of para-hydroxylation sites is 2. The van der Waals surface area contributed by atoms with Gasteiger partial charge in [0, 0.05) is 6.54 Å². The number of nitrogens with zero attached hydrogens (tertiary/aromatic N) is 4. The fraction of sp³-hybridized carbons (Fsp3) is 0.261. The molecule has 11 heteroatoms. The van der Waals surface area contributed by atoms with Gasteiger partial charge < -0.3 is 14.5 Å². The van der Waals surface area contributed by atoms with Gasteiger partial charge in [0.05, 0.1) is 16.0 Å². The molecule has 1 atom stereocenters. The summed E-state index contributed by atoms with van der Waals surface area (Å²) in [6, 6.07) is 7.50. The molecule has 0 fully saturated rings. The number of thioether (sulfide) groups is 1. The number of allylic oxidation sites excluding steroid dienone is 1. The molecular weight excluding hydrogens is 474 g/mol. The average molecular weight is 496 g/mol. The van der Waals surface area contributed by atoms with Crippen molar-refractivity contribution in [3.8, 4) is 11.5 Å². The Morgan fingerprint density at radius 3 is 2.91 bits per heavy atom. The molecule has 0 radical (unpaired) electrons. The fourth-order valence-corrected chi connectivity index (χ4v) is 5.74. The van der Waals surface area contributed by atoms with Crippen LogP contribution in [-0.2, 0) is 12.3 Å². The van der Waals surface area contributed by atoms with E-state index in [0.717, 1.165) is 0 Å². The minimum absolute atomic E-state index is 0.0718. The number of hydrogen-bond donors (Lipinski definition) is 1. The van der Waals surface area contributed by atoms with E-state index in [1.54, 1.807) is 13.0 Å². The maximum atomic E-state index is 12.7. The lowest BCUT2D eigenvalue weighted by Gasteiger charge is -2.26. The van der Waals surface area contributed by atoms with Crippen LogP contribution >= 0.6 is 23.1 Å². The second kappa shape index (κ2) is 9.07. The molecule has 34 heavy (non-hydrogen) atoms. The van der Waals surface area contributed by atoms with Crippen LogP contribution in [0.3, 0.4) is 0 Å². The number of ketones is 1. The van der Waals surface area contributed by atoms with Crippen molar-refractivity contribution in [2.75, 3.05) is 6.61 Å². The largest absolute Gasteiger partial charge is 0.485 e. The van der Waals surface area contributed by atoms with Gasteiger partial charge in [-0.3, -0.25) is 14.2 Å². The fourth-order valence-electron chi connectivity index (χ4n) is 3.82. The van der Waals surface area contributed by atoms with Gasteiger partial charge in [-0.05, 0) is 31.5 Å². The molecule has 1 aliphatic rings. The normalized spacial score (nSPS) is 14.9. The van der Waals surface area contributed by atoms with Gasteiger partial charge in [0.15, 0.2) is 34.4 Å². The highest BCUT2D eigenvalue weighted by atomic mass is 32.2. The monoisotopic (exact) mass is 495 g/mol. The van der Waals surface area contributed by atoms with Crippen LogP contribution in [0.4, 0.5) is 0 Å². The van der Waals surface area contributed by atoms with Crippen molar-refractivity contribution < 1.29 is 14.3 Å². The number of aromatic nitrogens is 5. The number of benzene rings is 1.